The van der Waals surface area contributed by atoms with Crippen molar-refractivity contribution in [1.29, 1.82) is 0 Å². The molecule has 1 amide bonds. The number of aromatic nitrogens is 3. The summed E-state index contributed by atoms with van der Waals surface area (Å²) in [7, 11) is 0. The lowest BCUT2D eigenvalue weighted by molar-refractivity contribution is 0.0953. The maximum atomic E-state index is 12.2. The van der Waals surface area contributed by atoms with E-state index in [4.69, 9.17) is 0 Å². The van der Waals surface area contributed by atoms with Gasteiger partial charge in [-0.2, -0.15) is 0 Å². The molecule has 2 aromatic heterocycles. The number of nitrogens with one attached hydrogen (secondary N) is 3. The van der Waals surface area contributed by atoms with Crippen LogP contribution >= 0.6 is 0 Å². The van der Waals surface area contributed by atoms with Gasteiger partial charge in [0.2, 0.25) is 5.95 Å². The number of carbonyl (C=O) groups is 1. The van der Waals surface area contributed by atoms with Gasteiger partial charge in [0.25, 0.3) is 5.91 Å². The fraction of sp³-hybridized carbons (Fsp3) is 0.350. The van der Waals surface area contributed by atoms with Crippen molar-refractivity contribution in [3.63, 3.8) is 0 Å². The number of aromatic amines is 1. The summed E-state index contributed by atoms with van der Waals surface area (Å²) in [5.41, 5.74) is 2.78. The Morgan fingerprint density at radius 2 is 1.92 bits per heavy atom. The molecule has 0 atom stereocenters. The van der Waals surface area contributed by atoms with Crippen LogP contribution in [0, 0.1) is 5.92 Å². The van der Waals surface area contributed by atoms with E-state index in [9.17, 15) is 4.79 Å². The molecule has 136 valence electrons. The maximum absolute atomic E-state index is 12.2. The molecule has 3 aromatic rings. The fourth-order valence-electron chi connectivity index (χ4n) is 2.76. The molecule has 0 saturated heterocycles. The van der Waals surface area contributed by atoms with Crippen LogP contribution in [0.25, 0.3) is 10.9 Å². The second-order valence-corrected chi connectivity index (χ2v) is 6.77. The van der Waals surface area contributed by atoms with Gasteiger partial charge in [-0.15, -0.1) is 0 Å². The zero-order valence-corrected chi connectivity index (χ0v) is 15.2. The second-order valence-electron chi connectivity index (χ2n) is 6.77. The van der Waals surface area contributed by atoms with E-state index in [1.54, 1.807) is 12.4 Å². The number of benzene rings is 1. The largest absolute Gasteiger partial charge is 0.361 e. The van der Waals surface area contributed by atoms with Crippen LogP contribution in [-0.2, 0) is 6.42 Å². The molecule has 0 aliphatic carbocycles. The Morgan fingerprint density at radius 1 is 1.15 bits per heavy atom. The Balaban J connectivity index is 1.48. The molecular weight excluding hydrogens is 326 g/mol. The van der Waals surface area contributed by atoms with Gasteiger partial charge in [-0.1, -0.05) is 32.0 Å². The summed E-state index contributed by atoms with van der Waals surface area (Å²) in [5.74, 6) is 1.03. The van der Waals surface area contributed by atoms with Crippen molar-refractivity contribution in [2.24, 2.45) is 5.92 Å². The van der Waals surface area contributed by atoms with E-state index < -0.39 is 0 Å². The topological polar surface area (TPSA) is 82.7 Å². The first kappa shape index (κ1) is 17.9. The third-order valence-corrected chi connectivity index (χ3v) is 4.27. The summed E-state index contributed by atoms with van der Waals surface area (Å²) in [6, 6.07) is 8.16. The fourth-order valence-corrected chi connectivity index (χ4v) is 2.76. The number of rotatable bonds is 8. The Hall–Kier alpha value is -2.89. The van der Waals surface area contributed by atoms with E-state index in [1.807, 2.05) is 24.4 Å². The van der Waals surface area contributed by atoms with Gasteiger partial charge in [-0.3, -0.25) is 4.79 Å². The number of carbonyl (C=O) groups excluding carboxylic acids is 1. The highest BCUT2D eigenvalue weighted by atomic mass is 16.1. The van der Waals surface area contributed by atoms with Gasteiger partial charge in [0.15, 0.2) is 0 Å². The average molecular weight is 351 g/mol. The minimum atomic E-state index is -0.154. The van der Waals surface area contributed by atoms with Crippen molar-refractivity contribution < 1.29 is 4.79 Å². The van der Waals surface area contributed by atoms with E-state index in [2.05, 4.69) is 45.5 Å². The van der Waals surface area contributed by atoms with Crippen LogP contribution < -0.4 is 10.6 Å². The third-order valence-electron chi connectivity index (χ3n) is 4.27. The molecule has 3 rings (SSSR count). The minimum absolute atomic E-state index is 0.154. The van der Waals surface area contributed by atoms with E-state index >= 15 is 0 Å². The van der Waals surface area contributed by atoms with Crippen LogP contribution in [0.3, 0.4) is 0 Å². The molecule has 0 aliphatic rings. The monoisotopic (exact) mass is 351 g/mol. The molecule has 0 saturated carbocycles. The lowest BCUT2D eigenvalue weighted by Crippen LogP contribution is -2.26. The number of hydrogen-bond acceptors (Lipinski definition) is 4. The smallest absolute Gasteiger partial charge is 0.254 e. The highest BCUT2D eigenvalue weighted by Gasteiger charge is 2.08. The molecular formula is C20H25N5O. The van der Waals surface area contributed by atoms with Crippen LogP contribution in [0.5, 0.6) is 0 Å². The first-order valence-corrected chi connectivity index (χ1v) is 9.02. The summed E-state index contributed by atoms with van der Waals surface area (Å²) >= 11 is 0. The van der Waals surface area contributed by atoms with E-state index in [0.29, 0.717) is 24.0 Å². The second kappa shape index (κ2) is 8.47. The van der Waals surface area contributed by atoms with Crippen LogP contribution in [0.2, 0.25) is 0 Å². The zero-order chi connectivity index (χ0) is 18.4. The standard InChI is InChI=1S/C20H25N5O/c1-14(2)7-9-22-20-24-12-16(13-25-20)19(26)21-10-8-15-11-23-18-6-4-3-5-17(15)18/h3-6,11-14,23H,7-10H2,1-2H3,(H,21,26)(H,22,24,25). The highest BCUT2D eigenvalue weighted by molar-refractivity contribution is 5.93. The predicted molar refractivity (Wildman–Crippen MR) is 104 cm³/mol. The van der Waals surface area contributed by atoms with Gasteiger partial charge in [-0.05, 0) is 30.4 Å². The molecule has 6 nitrogen and oxygen atoms in total. The average Bonchev–Trinajstić information content (AvgIpc) is 3.05. The van der Waals surface area contributed by atoms with Crippen LogP contribution in [0.4, 0.5) is 5.95 Å². The van der Waals surface area contributed by atoms with Crippen molar-refractivity contribution in [3.8, 4) is 0 Å². The van der Waals surface area contributed by atoms with E-state index in [1.165, 1.54) is 10.9 Å². The molecule has 0 fully saturated rings. The maximum Gasteiger partial charge on any atom is 0.254 e. The van der Waals surface area contributed by atoms with Gasteiger partial charge in [0, 0.05) is 42.6 Å². The van der Waals surface area contributed by atoms with Crippen LogP contribution in [-0.4, -0.2) is 33.9 Å². The number of anilines is 1. The van der Waals surface area contributed by atoms with Crippen molar-refractivity contribution in [1.82, 2.24) is 20.3 Å². The first-order chi connectivity index (χ1) is 12.6. The minimum Gasteiger partial charge on any atom is -0.361 e. The van der Waals surface area contributed by atoms with Gasteiger partial charge < -0.3 is 15.6 Å². The Kier molecular flexibility index (Phi) is 5.84. The van der Waals surface area contributed by atoms with Crippen LogP contribution in [0.15, 0.2) is 42.9 Å². The number of hydrogen-bond donors (Lipinski definition) is 3. The first-order valence-electron chi connectivity index (χ1n) is 9.02. The number of fused-ring (bicyclic) bond motifs is 1. The highest BCUT2D eigenvalue weighted by Crippen LogP contribution is 2.17. The quantitative estimate of drug-likeness (QED) is 0.581. The van der Waals surface area contributed by atoms with Gasteiger partial charge in [-0.25, -0.2) is 9.97 Å². The van der Waals surface area contributed by atoms with E-state index in [0.717, 1.165) is 24.9 Å². The molecule has 0 aliphatic heterocycles. The molecule has 2 heterocycles. The molecule has 1 aromatic carbocycles. The lowest BCUT2D eigenvalue weighted by atomic mass is 10.1. The molecule has 6 heteroatoms. The molecule has 0 spiro atoms. The van der Waals surface area contributed by atoms with Crippen molar-refractivity contribution in [2.45, 2.75) is 26.7 Å². The number of H-pyrrole nitrogens is 1. The molecule has 26 heavy (non-hydrogen) atoms. The molecule has 0 radical (unpaired) electrons. The predicted octanol–water partition coefficient (Wildman–Crippen LogP) is 3.39. The van der Waals surface area contributed by atoms with Crippen molar-refractivity contribution in [3.05, 3.63) is 54.0 Å². The van der Waals surface area contributed by atoms with Gasteiger partial charge >= 0.3 is 0 Å². The SMILES string of the molecule is CC(C)CCNc1ncc(C(=O)NCCc2c[nH]c3ccccc23)cn1. The summed E-state index contributed by atoms with van der Waals surface area (Å²) < 4.78 is 0. The Bertz CT molecular complexity index is 854. The van der Waals surface area contributed by atoms with Crippen molar-refractivity contribution >= 4 is 22.8 Å². The molecule has 0 bridgehead atoms. The summed E-state index contributed by atoms with van der Waals surface area (Å²) in [6.07, 6.45) is 6.94. The van der Waals surface area contributed by atoms with Crippen LogP contribution in [0.1, 0.15) is 36.2 Å². The summed E-state index contributed by atoms with van der Waals surface area (Å²) in [5, 5.41) is 7.29. The van der Waals surface area contributed by atoms with E-state index in [-0.39, 0.29) is 5.91 Å². The summed E-state index contributed by atoms with van der Waals surface area (Å²) in [6.45, 7) is 5.74. The number of nitrogens with zero attached hydrogens (tertiary/aromatic N) is 2. The third kappa shape index (κ3) is 4.59. The van der Waals surface area contributed by atoms with Gasteiger partial charge in [0.1, 0.15) is 0 Å². The Morgan fingerprint density at radius 3 is 2.69 bits per heavy atom. The normalized spacial score (nSPS) is 11.0. The lowest BCUT2D eigenvalue weighted by Gasteiger charge is -2.08. The molecule has 3 N–H and O–H groups in total. The molecule has 0 unspecified atom stereocenters. The summed E-state index contributed by atoms with van der Waals surface area (Å²) in [4.78, 5) is 23.9. The van der Waals surface area contributed by atoms with Gasteiger partial charge in [0.05, 0.1) is 5.56 Å². The number of para-hydroxylation sites is 1. The number of amides is 1. The zero-order valence-electron chi connectivity index (χ0n) is 15.2. The Labute approximate surface area is 153 Å². The van der Waals surface area contributed by atoms with Crippen molar-refractivity contribution in [2.75, 3.05) is 18.4 Å².